The summed E-state index contributed by atoms with van der Waals surface area (Å²) in [6.07, 6.45) is 6.47. The lowest BCUT2D eigenvalue weighted by Gasteiger charge is -2.28. The van der Waals surface area contributed by atoms with Crippen molar-refractivity contribution in [3.63, 3.8) is 0 Å². The summed E-state index contributed by atoms with van der Waals surface area (Å²) in [7, 11) is 0. The second kappa shape index (κ2) is 5.57. The SMILES string of the molecule is CCC1(C(=O)Nc2cccc3c2CNCC3)CCCC1. The van der Waals surface area contributed by atoms with Crippen LogP contribution in [0.15, 0.2) is 18.2 Å². The van der Waals surface area contributed by atoms with Gasteiger partial charge in [0.15, 0.2) is 0 Å². The van der Waals surface area contributed by atoms with Gasteiger partial charge in [-0.2, -0.15) is 0 Å². The van der Waals surface area contributed by atoms with E-state index in [9.17, 15) is 4.79 Å². The lowest BCUT2D eigenvalue weighted by atomic mass is 9.82. The Bertz CT molecular complexity index is 504. The molecule has 1 fully saturated rings. The van der Waals surface area contributed by atoms with Crippen LogP contribution < -0.4 is 10.6 Å². The molecule has 1 aromatic rings. The topological polar surface area (TPSA) is 41.1 Å². The minimum atomic E-state index is -0.120. The number of amides is 1. The molecule has 3 heteroatoms. The third kappa shape index (κ3) is 2.35. The first kappa shape index (κ1) is 13.6. The number of fused-ring (bicyclic) bond motifs is 1. The Hall–Kier alpha value is -1.35. The zero-order valence-corrected chi connectivity index (χ0v) is 12.3. The Morgan fingerprint density at radius 2 is 2.15 bits per heavy atom. The van der Waals surface area contributed by atoms with E-state index in [0.717, 1.165) is 44.5 Å². The molecule has 0 atom stereocenters. The third-order valence-corrected chi connectivity index (χ3v) is 5.11. The van der Waals surface area contributed by atoms with Gasteiger partial charge >= 0.3 is 0 Å². The molecule has 1 aliphatic carbocycles. The Balaban J connectivity index is 1.82. The van der Waals surface area contributed by atoms with Gasteiger partial charge in [-0.05, 0) is 49.4 Å². The van der Waals surface area contributed by atoms with Crippen LogP contribution in [0.1, 0.15) is 50.2 Å². The molecule has 0 bridgehead atoms. The maximum atomic E-state index is 12.7. The van der Waals surface area contributed by atoms with Crippen LogP contribution in [0.2, 0.25) is 0 Å². The molecule has 0 saturated heterocycles. The number of hydrogen-bond donors (Lipinski definition) is 2. The second-order valence-corrected chi connectivity index (χ2v) is 6.17. The fourth-order valence-electron chi connectivity index (χ4n) is 3.68. The van der Waals surface area contributed by atoms with E-state index in [2.05, 4.69) is 29.7 Å². The van der Waals surface area contributed by atoms with Crippen LogP contribution >= 0.6 is 0 Å². The molecule has 3 rings (SSSR count). The monoisotopic (exact) mass is 272 g/mol. The summed E-state index contributed by atoms with van der Waals surface area (Å²) < 4.78 is 0. The Kier molecular flexibility index (Phi) is 3.79. The fraction of sp³-hybridized carbons (Fsp3) is 0.588. The molecule has 3 nitrogen and oxygen atoms in total. The molecule has 0 unspecified atom stereocenters. The van der Waals surface area contributed by atoms with Gasteiger partial charge in [0, 0.05) is 17.6 Å². The third-order valence-electron chi connectivity index (χ3n) is 5.11. The molecule has 0 aromatic heterocycles. The number of carbonyl (C=O) groups is 1. The summed E-state index contributed by atoms with van der Waals surface area (Å²) in [6, 6.07) is 6.28. The van der Waals surface area contributed by atoms with Gasteiger partial charge in [-0.3, -0.25) is 4.79 Å². The van der Waals surface area contributed by atoms with Gasteiger partial charge < -0.3 is 10.6 Å². The van der Waals surface area contributed by atoms with Gasteiger partial charge in [0.05, 0.1) is 0 Å². The zero-order valence-electron chi connectivity index (χ0n) is 12.3. The van der Waals surface area contributed by atoms with Crippen molar-refractivity contribution in [2.75, 3.05) is 11.9 Å². The summed E-state index contributed by atoms with van der Waals surface area (Å²) in [5, 5.41) is 6.62. The molecule has 2 N–H and O–H groups in total. The number of rotatable bonds is 3. The Labute approximate surface area is 121 Å². The smallest absolute Gasteiger partial charge is 0.230 e. The van der Waals surface area contributed by atoms with Crippen molar-refractivity contribution >= 4 is 11.6 Å². The van der Waals surface area contributed by atoms with Crippen molar-refractivity contribution < 1.29 is 4.79 Å². The van der Waals surface area contributed by atoms with Crippen molar-refractivity contribution in [1.82, 2.24) is 5.32 Å². The summed E-state index contributed by atoms with van der Waals surface area (Å²) >= 11 is 0. The van der Waals surface area contributed by atoms with Crippen LogP contribution in [0.25, 0.3) is 0 Å². The normalized spacial score (nSPS) is 20.4. The maximum absolute atomic E-state index is 12.7. The molecule has 1 saturated carbocycles. The summed E-state index contributed by atoms with van der Waals surface area (Å²) in [5.74, 6) is 0.233. The minimum absolute atomic E-state index is 0.120. The van der Waals surface area contributed by atoms with Crippen LogP contribution in [0.5, 0.6) is 0 Å². The van der Waals surface area contributed by atoms with Gasteiger partial charge in [-0.25, -0.2) is 0 Å². The number of hydrogen-bond acceptors (Lipinski definition) is 2. The van der Waals surface area contributed by atoms with Gasteiger partial charge in [-0.1, -0.05) is 31.9 Å². The van der Waals surface area contributed by atoms with Gasteiger partial charge in [0.1, 0.15) is 0 Å². The zero-order chi connectivity index (χ0) is 14.0. The first-order chi connectivity index (χ1) is 9.75. The van der Waals surface area contributed by atoms with Crippen LogP contribution in [-0.4, -0.2) is 12.5 Å². The van der Waals surface area contributed by atoms with E-state index in [1.54, 1.807) is 0 Å². The highest BCUT2D eigenvalue weighted by Crippen LogP contribution is 2.42. The average molecular weight is 272 g/mol. The molecule has 0 radical (unpaired) electrons. The van der Waals surface area contributed by atoms with E-state index in [0.29, 0.717) is 0 Å². The number of nitrogens with one attached hydrogen (secondary N) is 2. The highest BCUT2D eigenvalue weighted by atomic mass is 16.2. The van der Waals surface area contributed by atoms with E-state index in [1.165, 1.54) is 24.0 Å². The van der Waals surface area contributed by atoms with Crippen LogP contribution in [0.3, 0.4) is 0 Å². The molecule has 1 aliphatic heterocycles. The van der Waals surface area contributed by atoms with Crippen LogP contribution in [-0.2, 0) is 17.8 Å². The van der Waals surface area contributed by atoms with Crippen molar-refractivity contribution in [1.29, 1.82) is 0 Å². The fourth-order valence-corrected chi connectivity index (χ4v) is 3.68. The predicted molar refractivity (Wildman–Crippen MR) is 81.7 cm³/mol. The first-order valence-electron chi connectivity index (χ1n) is 7.88. The molecule has 1 amide bonds. The van der Waals surface area contributed by atoms with Crippen molar-refractivity contribution in [2.24, 2.45) is 5.41 Å². The molecular weight excluding hydrogens is 248 g/mol. The summed E-state index contributed by atoms with van der Waals surface area (Å²) in [4.78, 5) is 12.7. The van der Waals surface area contributed by atoms with Crippen LogP contribution in [0.4, 0.5) is 5.69 Å². The summed E-state index contributed by atoms with van der Waals surface area (Å²) in [5.41, 5.74) is 3.54. The summed E-state index contributed by atoms with van der Waals surface area (Å²) in [6.45, 7) is 4.04. The minimum Gasteiger partial charge on any atom is -0.325 e. The van der Waals surface area contributed by atoms with Gasteiger partial charge in [-0.15, -0.1) is 0 Å². The van der Waals surface area contributed by atoms with Gasteiger partial charge in [0.25, 0.3) is 0 Å². The Morgan fingerprint density at radius 3 is 2.90 bits per heavy atom. The second-order valence-electron chi connectivity index (χ2n) is 6.17. The highest BCUT2D eigenvalue weighted by molar-refractivity contribution is 5.96. The van der Waals surface area contributed by atoms with Crippen LogP contribution in [0, 0.1) is 5.41 Å². The standard InChI is InChI=1S/C17H24N2O/c1-2-17(9-3-4-10-17)16(20)19-15-7-5-6-13-8-11-18-12-14(13)15/h5-7,18H,2-4,8-12H2,1H3,(H,19,20). The van der Waals surface area contributed by atoms with E-state index in [1.807, 2.05) is 6.07 Å². The molecule has 20 heavy (non-hydrogen) atoms. The predicted octanol–water partition coefficient (Wildman–Crippen LogP) is 3.24. The number of anilines is 1. The molecule has 2 aliphatic rings. The van der Waals surface area contributed by atoms with E-state index >= 15 is 0 Å². The van der Waals surface area contributed by atoms with Crippen molar-refractivity contribution in [3.05, 3.63) is 29.3 Å². The van der Waals surface area contributed by atoms with E-state index < -0.39 is 0 Å². The maximum Gasteiger partial charge on any atom is 0.230 e. The highest BCUT2D eigenvalue weighted by Gasteiger charge is 2.39. The molecule has 1 heterocycles. The van der Waals surface area contributed by atoms with E-state index in [-0.39, 0.29) is 11.3 Å². The lowest BCUT2D eigenvalue weighted by molar-refractivity contribution is -0.125. The molecular formula is C17H24N2O. The first-order valence-corrected chi connectivity index (χ1v) is 7.88. The lowest BCUT2D eigenvalue weighted by Crippen LogP contribution is -2.34. The molecule has 1 aromatic carbocycles. The average Bonchev–Trinajstić information content (AvgIpc) is 2.98. The molecule has 0 spiro atoms. The van der Waals surface area contributed by atoms with Crippen molar-refractivity contribution in [2.45, 2.75) is 52.0 Å². The molecule has 108 valence electrons. The van der Waals surface area contributed by atoms with Gasteiger partial charge in [0.2, 0.25) is 5.91 Å². The van der Waals surface area contributed by atoms with E-state index in [4.69, 9.17) is 0 Å². The van der Waals surface area contributed by atoms with Crippen molar-refractivity contribution in [3.8, 4) is 0 Å². The largest absolute Gasteiger partial charge is 0.325 e. The quantitative estimate of drug-likeness (QED) is 0.887. The number of carbonyl (C=O) groups excluding carboxylic acids is 1. The number of benzene rings is 1. The Morgan fingerprint density at radius 1 is 1.35 bits per heavy atom.